The molecule has 0 radical (unpaired) electrons. The normalized spacial score (nSPS) is 19.8. The van der Waals surface area contributed by atoms with Gasteiger partial charge < -0.3 is 10.2 Å². The van der Waals surface area contributed by atoms with Gasteiger partial charge in [0.2, 0.25) is 0 Å². The summed E-state index contributed by atoms with van der Waals surface area (Å²) >= 11 is 0. The van der Waals surface area contributed by atoms with E-state index in [1.807, 2.05) is 19.2 Å². The second-order valence-electron chi connectivity index (χ2n) is 4.77. The summed E-state index contributed by atoms with van der Waals surface area (Å²) in [5, 5.41) is 3.37. The van der Waals surface area contributed by atoms with Crippen LogP contribution in [0.5, 0.6) is 0 Å². The summed E-state index contributed by atoms with van der Waals surface area (Å²) in [4.78, 5) is 2.32. The number of benzene rings is 1. The highest BCUT2D eigenvalue weighted by Gasteiger charge is 2.28. The monoisotopic (exact) mass is 222 g/mol. The Hall–Kier alpha value is -1.09. The highest BCUT2D eigenvalue weighted by atomic mass is 19.1. The number of hydrogen-bond acceptors (Lipinski definition) is 2. The number of nitrogens with one attached hydrogen (secondary N) is 1. The van der Waals surface area contributed by atoms with Gasteiger partial charge in [-0.2, -0.15) is 0 Å². The maximum absolute atomic E-state index is 12.8. The van der Waals surface area contributed by atoms with Crippen LogP contribution in [-0.4, -0.2) is 25.7 Å². The molecular formula is C13H19FN2. The van der Waals surface area contributed by atoms with Crippen molar-refractivity contribution in [1.82, 2.24) is 5.32 Å². The van der Waals surface area contributed by atoms with Gasteiger partial charge in [-0.3, -0.25) is 0 Å². The Balaban J connectivity index is 2.01. The van der Waals surface area contributed by atoms with Gasteiger partial charge >= 0.3 is 0 Å². The number of anilines is 1. The van der Waals surface area contributed by atoms with Gasteiger partial charge in [0.1, 0.15) is 5.82 Å². The van der Waals surface area contributed by atoms with Crippen LogP contribution in [-0.2, 0) is 0 Å². The van der Waals surface area contributed by atoms with E-state index in [0.717, 1.165) is 31.6 Å². The van der Waals surface area contributed by atoms with Crippen LogP contribution >= 0.6 is 0 Å². The van der Waals surface area contributed by atoms with E-state index in [-0.39, 0.29) is 11.4 Å². The van der Waals surface area contributed by atoms with E-state index < -0.39 is 0 Å². The predicted octanol–water partition coefficient (Wildman–Crippen LogP) is 2.40. The highest BCUT2D eigenvalue weighted by Crippen LogP contribution is 2.25. The van der Waals surface area contributed by atoms with Crippen LogP contribution in [0.4, 0.5) is 10.1 Å². The number of nitrogens with zero attached hydrogens (tertiary/aromatic N) is 1. The SMILES string of the molecule is CNC1(C)CCN(c2ccc(F)cc2)CC1. The maximum atomic E-state index is 12.8. The summed E-state index contributed by atoms with van der Waals surface area (Å²) in [6.07, 6.45) is 2.25. The lowest BCUT2D eigenvalue weighted by Crippen LogP contribution is -2.50. The Morgan fingerprint density at radius 1 is 1.19 bits per heavy atom. The number of piperidine rings is 1. The first-order valence-corrected chi connectivity index (χ1v) is 5.82. The van der Waals surface area contributed by atoms with Crippen molar-refractivity contribution < 1.29 is 4.39 Å². The van der Waals surface area contributed by atoms with E-state index in [4.69, 9.17) is 0 Å². The van der Waals surface area contributed by atoms with E-state index in [9.17, 15) is 4.39 Å². The zero-order valence-corrected chi connectivity index (χ0v) is 9.96. The van der Waals surface area contributed by atoms with Crippen LogP contribution < -0.4 is 10.2 Å². The van der Waals surface area contributed by atoms with Crippen molar-refractivity contribution in [3.63, 3.8) is 0 Å². The molecule has 0 saturated carbocycles. The lowest BCUT2D eigenvalue weighted by Gasteiger charge is -2.40. The van der Waals surface area contributed by atoms with Gasteiger partial charge in [-0.05, 0) is 51.1 Å². The van der Waals surface area contributed by atoms with Crippen molar-refractivity contribution >= 4 is 5.69 Å². The quantitative estimate of drug-likeness (QED) is 0.826. The van der Waals surface area contributed by atoms with E-state index in [1.165, 1.54) is 12.1 Å². The topological polar surface area (TPSA) is 15.3 Å². The van der Waals surface area contributed by atoms with Crippen molar-refractivity contribution in [3.05, 3.63) is 30.1 Å². The average Bonchev–Trinajstić information content (AvgIpc) is 2.32. The molecule has 1 heterocycles. The van der Waals surface area contributed by atoms with E-state index in [0.29, 0.717) is 0 Å². The molecule has 0 aliphatic carbocycles. The summed E-state index contributed by atoms with van der Waals surface area (Å²) in [7, 11) is 2.02. The molecule has 16 heavy (non-hydrogen) atoms. The summed E-state index contributed by atoms with van der Waals surface area (Å²) in [5.74, 6) is -0.166. The van der Waals surface area contributed by atoms with Gasteiger partial charge in [-0.25, -0.2) is 4.39 Å². The molecule has 1 aromatic carbocycles. The number of rotatable bonds is 2. The van der Waals surface area contributed by atoms with Crippen LogP contribution in [0.15, 0.2) is 24.3 Å². The molecule has 0 spiro atoms. The molecule has 0 atom stereocenters. The Labute approximate surface area is 96.5 Å². The third kappa shape index (κ3) is 2.35. The molecule has 2 nitrogen and oxygen atoms in total. The molecule has 0 unspecified atom stereocenters. The second kappa shape index (κ2) is 4.42. The van der Waals surface area contributed by atoms with E-state index >= 15 is 0 Å². The molecule has 1 aliphatic rings. The third-order valence-corrected chi connectivity index (χ3v) is 3.66. The first kappa shape index (κ1) is 11.4. The second-order valence-corrected chi connectivity index (χ2v) is 4.77. The fourth-order valence-corrected chi connectivity index (χ4v) is 2.16. The first-order chi connectivity index (χ1) is 7.63. The van der Waals surface area contributed by atoms with Crippen molar-refractivity contribution in [2.75, 3.05) is 25.0 Å². The minimum atomic E-state index is -0.166. The average molecular weight is 222 g/mol. The molecule has 1 aliphatic heterocycles. The molecule has 2 rings (SSSR count). The minimum Gasteiger partial charge on any atom is -0.371 e. The highest BCUT2D eigenvalue weighted by molar-refractivity contribution is 5.46. The fraction of sp³-hybridized carbons (Fsp3) is 0.538. The molecule has 1 aromatic rings. The Morgan fingerprint density at radius 3 is 2.25 bits per heavy atom. The Morgan fingerprint density at radius 2 is 1.75 bits per heavy atom. The molecule has 1 N–H and O–H groups in total. The molecule has 88 valence electrons. The minimum absolute atomic E-state index is 0.166. The lowest BCUT2D eigenvalue weighted by atomic mass is 9.90. The van der Waals surface area contributed by atoms with E-state index in [1.54, 1.807) is 0 Å². The van der Waals surface area contributed by atoms with Crippen molar-refractivity contribution in [3.8, 4) is 0 Å². The zero-order chi connectivity index (χ0) is 11.6. The summed E-state index contributed by atoms with van der Waals surface area (Å²) in [6.45, 7) is 4.32. The van der Waals surface area contributed by atoms with Crippen LogP contribution in [0, 0.1) is 5.82 Å². The van der Waals surface area contributed by atoms with Gasteiger partial charge in [-0.1, -0.05) is 0 Å². The van der Waals surface area contributed by atoms with Gasteiger partial charge in [0.15, 0.2) is 0 Å². The zero-order valence-electron chi connectivity index (χ0n) is 9.96. The number of halogens is 1. The molecule has 0 amide bonds. The van der Waals surface area contributed by atoms with Crippen molar-refractivity contribution in [2.24, 2.45) is 0 Å². The first-order valence-electron chi connectivity index (χ1n) is 5.82. The molecular weight excluding hydrogens is 203 g/mol. The van der Waals surface area contributed by atoms with Crippen LogP contribution in [0.1, 0.15) is 19.8 Å². The molecule has 1 fully saturated rings. The standard InChI is InChI=1S/C13H19FN2/c1-13(15-2)7-9-16(10-8-13)12-5-3-11(14)4-6-12/h3-6,15H,7-10H2,1-2H3. The molecule has 0 bridgehead atoms. The Kier molecular flexibility index (Phi) is 3.15. The van der Waals surface area contributed by atoms with Gasteiger partial charge in [-0.15, -0.1) is 0 Å². The smallest absolute Gasteiger partial charge is 0.123 e. The van der Waals surface area contributed by atoms with Crippen molar-refractivity contribution in [2.45, 2.75) is 25.3 Å². The predicted molar refractivity (Wildman–Crippen MR) is 65.3 cm³/mol. The fourth-order valence-electron chi connectivity index (χ4n) is 2.16. The van der Waals surface area contributed by atoms with Gasteiger partial charge in [0, 0.05) is 24.3 Å². The maximum Gasteiger partial charge on any atom is 0.123 e. The summed E-state index contributed by atoms with van der Waals surface area (Å²) in [6, 6.07) is 6.77. The van der Waals surface area contributed by atoms with Crippen LogP contribution in [0.25, 0.3) is 0 Å². The Bertz CT molecular complexity index is 339. The third-order valence-electron chi connectivity index (χ3n) is 3.66. The lowest BCUT2D eigenvalue weighted by molar-refractivity contribution is 0.305. The van der Waals surface area contributed by atoms with Gasteiger partial charge in [0.25, 0.3) is 0 Å². The number of hydrogen-bond donors (Lipinski definition) is 1. The molecule has 0 aromatic heterocycles. The van der Waals surface area contributed by atoms with Crippen molar-refractivity contribution in [1.29, 1.82) is 0 Å². The van der Waals surface area contributed by atoms with Gasteiger partial charge in [0.05, 0.1) is 0 Å². The summed E-state index contributed by atoms with van der Waals surface area (Å²) < 4.78 is 12.8. The largest absolute Gasteiger partial charge is 0.371 e. The van der Waals surface area contributed by atoms with Crippen LogP contribution in [0.2, 0.25) is 0 Å². The van der Waals surface area contributed by atoms with Crippen LogP contribution in [0.3, 0.4) is 0 Å². The molecule has 1 saturated heterocycles. The summed E-state index contributed by atoms with van der Waals surface area (Å²) in [5.41, 5.74) is 1.39. The van der Waals surface area contributed by atoms with E-state index in [2.05, 4.69) is 17.1 Å². The molecule has 3 heteroatoms.